The Bertz CT molecular complexity index is 895. The van der Waals surface area contributed by atoms with E-state index in [0.717, 1.165) is 43.4 Å². The highest BCUT2D eigenvalue weighted by atomic mass is 16.2. The molecule has 0 radical (unpaired) electrons. The van der Waals surface area contributed by atoms with Crippen LogP contribution >= 0.6 is 0 Å². The van der Waals surface area contributed by atoms with Crippen molar-refractivity contribution in [3.8, 4) is 0 Å². The van der Waals surface area contributed by atoms with Crippen LogP contribution in [0, 0.1) is 19.8 Å². The molecule has 2 aliphatic carbocycles. The zero-order chi connectivity index (χ0) is 19.0. The fraction of sp³-hybridized carbons (Fsp3) is 0.391. The van der Waals surface area contributed by atoms with Gasteiger partial charge >= 0.3 is 0 Å². The van der Waals surface area contributed by atoms with Crippen LogP contribution < -0.4 is 10.6 Å². The van der Waals surface area contributed by atoms with Crippen LogP contribution in [0.15, 0.2) is 42.5 Å². The first-order valence-electron chi connectivity index (χ1n) is 9.74. The lowest BCUT2D eigenvalue weighted by Gasteiger charge is -2.19. The second kappa shape index (κ2) is 6.84. The summed E-state index contributed by atoms with van der Waals surface area (Å²) >= 11 is 0. The van der Waals surface area contributed by atoms with E-state index < -0.39 is 0 Å². The number of nitrogens with one attached hydrogen (secondary N) is 2. The van der Waals surface area contributed by atoms with E-state index in [9.17, 15) is 9.59 Å². The van der Waals surface area contributed by atoms with Crippen LogP contribution in [-0.2, 0) is 11.2 Å². The first-order chi connectivity index (χ1) is 12.9. The van der Waals surface area contributed by atoms with Crippen LogP contribution in [-0.4, -0.2) is 17.4 Å². The molecule has 0 spiro atoms. The highest BCUT2D eigenvalue weighted by molar-refractivity contribution is 5.99. The van der Waals surface area contributed by atoms with Crippen LogP contribution in [0.25, 0.3) is 0 Å². The molecule has 140 valence electrons. The number of amides is 2. The van der Waals surface area contributed by atoms with Crippen molar-refractivity contribution in [2.24, 2.45) is 5.92 Å². The van der Waals surface area contributed by atoms with Crippen LogP contribution in [0.5, 0.6) is 0 Å². The fourth-order valence-electron chi connectivity index (χ4n) is 3.50. The fourth-order valence-corrected chi connectivity index (χ4v) is 3.50. The summed E-state index contributed by atoms with van der Waals surface area (Å²) in [6.45, 7) is 4.04. The molecule has 0 unspecified atom stereocenters. The van der Waals surface area contributed by atoms with E-state index in [1.54, 1.807) is 6.07 Å². The number of benzene rings is 2. The molecule has 2 N–H and O–H groups in total. The Morgan fingerprint density at radius 2 is 1.85 bits per heavy atom. The number of hydrogen-bond donors (Lipinski definition) is 2. The lowest BCUT2D eigenvalue weighted by Crippen LogP contribution is -2.38. The van der Waals surface area contributed by atoms with E-state index in [2.05, 4.69) is 41.8 Å². The summed E-state index contributed by atoms with van der Waals surface area (Å²) in [5.74, 6) is 0.141. The Labute approximate surface area is 160 Å². The van der Waals surface area contributed by atoms with Gasteiger partial charge in [-0.1, -0.05) is 35.9 Å². The zero-order valence-electron chi connectivity index (χ0n) is 16.0. The summed E-state index contributed by atoms with van der Waals surface area (Å²) in [4.78, 5) is 24.9. The normalized spacial score (nSPS) is 17.3. The molecule has 0 saturated heterocycles. The smallest absolute Gasteiger partial charge is 0.251 e. The average Bonchev–Trinajstić information content (AvgIpc) is 3.52. The molecule has 4 rings (SSSR count). The van der Waals surface area contributed by atoms with Gasteiger partial charge in [-0.3, -0.25) is 9.59 Å². The van der Waals surface area contributed by atoms with Crippen LogP contribution in [0.4, 0.5) is 5.69 Å². The predicted octanol–water partition coefficient (Wildman–Crippen LogP) is 4.16. The monoisotopic (exact) mass is 362 g/mol. The molecule has 0 aromatic heterocycles. The lowest BCUT2D eigenvalue weighted by atomic mass is 10.0. The standard InChI is InChI=1S/C23H26N2O2/c1-15-4-3-5-17(12-15)14-23(10-11-23)25-22(27)19-7-6-16(2)20(13-19)24-21(26)18-8-9-18/h3-7,12-13,18H,8-11,14H2,1-2H3,(H,24,26)(H,25,27). The van der Waals surface area contributed by atoms with Crippen molar-refractivity contribution in [1.82, 2.24) is 5.32 Å². The topological polar surface area (TPSA) is 58.2 Å². The lowest BCUT2D eigenvalue weighted by molar-refractivity contribution is -0.117. The quantitative estimate of drug-likeness (QED) is 0.811. The van der Waals surface area contributed by atoms with Gasteiger partial charge in [0.1, 0.15) is 0 Å². The van der Waals surface area contributed by atoms with E-state index >= 15 is 0 Å². The highest BCUT2D eigenvalue weighted by Crippen LogP contribution is 2.39. The summed E-state index contributed by atoms with van der Waals surface area (Å²) in [6.07, 6.45) is 4.80. The Balaban J connectivity index is 1.45. The van der Waals surface area contributed by atoms with Gasteiger partial charge in [-0.2, -0.15) is 0 Å². The molecule has 0 bridgehead atoms. The van der Waals surface area contributed by atoms with Crippen molar-refractivity contribution < 1.29 is 9.59 Å². The Hall–Kier alpha value is -2.62. The number of rotatable bonds is 6. The first kappa shape index (κ1) is 17.8. The molecular weight excluding hydrogens is 336 g/mol. The van der Waals surface area contributed by atoms with E-state index in [0.29, 0.717) is 5.56 Å². The maximum absolute atomic E-state index is 12.8. The Kier molecular flexibility index (Phi) is 4.50. The van der Waals surface area contributed by atoms with Crippen molar-refractivity contribution in [2.45, 2.75) is 51.5 Å². The molecule has 2 saturated carbocycles. The molecule has 2 aliphatic rings. The molecule has 0 atom stereocenters. The van der Waals surface area contributed by atoms with Crippen molar-refractivity contribution in [1.29, 1.82) is 0 Å². The van der Waals surface area contributed by atoms with Crippen molar-refractivity contribution >= 4 is 17.5 Å². The van der Waals surface area contributed by atoms with Crippen LogP contribution in [0.2, 0.25) is 0 Å². The zero-order valence-corrected chi connectivity index (χ0v) is 16.0. The van der Waals surface area contributed by atoms with Gasteiger partial charge < -0.3 is 10.6 Å². The summed E-state index contributed by atoms with van der Waals surface area (Å²) < 4.78 is 0. The SMILES string of the molecule is Cc1cccc(CC2(NC(=O)c3ccc(C)c(NC(=O)C4CC4)c3)CC2)c1. The van der Waals surface area contributed by atoms with Gasteiger partial charge in [0.2, 0.25) is 5.91 Å². The third-order valence-corrected chi connectivity index (χ3v) is 5.56. The molecule has 4 nitrogen and oxygen atoms in total. The maximum atomic E-state index is 12.8. The van der Waals surface area contributed by atoms with E-state index in [1.807, 2.05) is 19.1 Å². The van der Waals surface area contributed by atoms with Crippen molar-refractivity contribution in [2.75, 3.05) is 5.32 Å². The van der Waals surface area contributed by atoms with Gasteiger partial charge in [0, 0.05) is 22.7 Å². The molecule has 2 amide bonds. The molecule has 27 heavy (non-hydrogen) atoms. The van der Waals surface area contributed by atoms with Gasteiger partial charge in [0.25, 0.3) is 5.91 Å². The molecule has 0 aliphatic heterocycles. The molecule has 4 heteroatoms. The molecular formula is C23H26N2O2. The highest BCUT2D eigenvalue weighted by Gasteiger charge is 2.44. The molecule has 2 aromatic carbocycles. The minimum Gasteiger partial charge on any atom is -0.346 e. The van der Waals surface area contributed by atoms with Crippen molar-refractivity contribution in [3.05, 3.63) is 64.7 Å². The summed E-state index contributed by atoms with van der Waals surface area (Å²) in [7, 11) is 0. The number of carbonyl (C=O) groups is 2. The second-order valence-corrected chi connectivity index (χ2v) is 8.19. The third-order valence-electron chi connectivity index (χ3n) is 5.56. The number of anilines is 1. The summed E-state index contributed by atoms with van der Waals surface area (Å²) in [5.41, 5.74) is 4.68. The van der Waals surface area contributed by atoms with Gasteiger partial charge in [0.15, 0.2) is 0 Å². The maximum Gasteiger partial charge on any atom is 0.251 e. The van der Waals surface area contributed by atoms with Crippen LogP contribution in [0.3, 0.4) is 0 Å². The van der Waals surface area contributed by atoms with Gasteiger partial charge in [0.05, 0.1) is 0 Å². The minimum absolute atomic E-state index is 0.0637. The van der Waals surface area contributed by atoms with E-state index in [4.69, 9.17) is 0 Å². The summed E-state index contributed by atoms with van der Waals surface area (Å²) in [6, 6.07) is 14.0. The number of hydrogen-bond acceptors (Lipinski definition) is 2. The molecule has 0 heterocycles. The van der Waals surface area contributed by atoms with Gasteiger partial charge in [-0.25, -0.2) is 0 Å². The Morgan fingerprint density at radius 3 is 2.52 bits per heavy atom. The summed E-state index contributed by atoms with van der Waals surface area (Å²) in [5, 5.41) is 6.21. The third kappa shape index (κ3) is 4.21. The van der Waals surface area contributed by atoms with E-state index in [-0.39, 0.29) is 23.3 Å². The number of carbonyl (C=O) groups excluding carboxylic acids is 2. The molecule has 2 aromatic rings. The van der Waals surface area contributed by atoms with Crippen molar-refractivity contribution in [3.63, 3.8) is 0 Å². The first-order valence-corrected chi connectivity index (χ1v) is 9.74. The predicted molar refractivity (Wildman–Crippen MR) is 107 cm³/mol. The average molecular weight is 362 g/mol. The molecule has 2 fully saturated rings. The van der Waals surface area contributed by atoms with Gasteiger partial charge in [-0.15, -0.1) is 0 Å². The Morgan fingerprint density at radius 1 is 1.07 bits per heavy atom. The minimum atomic E-state index is -0.132. The van der Waals surface area contributed by atoms with Crippen LogP contribution in [0.1, 0.15) is 52.7 Å². The second-order valence-electron chi connectivity index (χ2n) is 8.19. The van der Waals surface area contributed by atoms with Gasteiger partial charge in [-0.05, 0) is 69.2 Å². The number of aryl methyl sites for hydroxylation is 2. The van der Waals surface area contributed by atoms with E-state index in [1.165, 1.54) is 11.1 Å². The largest absolute Gasteiger partial charge is 0.346 e.